The van der Waals surface area contributed by atoms with Crippen molar-refractivity contribution in [1.29, 1.82) is 0 Å². The van der Waals surface area contributed by atoms with Gasteiger partial charge in [0, 0.05) is 13.2 Å². The summed E-state index contributed by atoms with van der Waals surface area (Å²) in [5.74, 6) is 0. The summed E-state index contributed by atoms with van der Waals surface area (Å²) in [4.78, 5) is 4.33. The zero-order valence-corrected chi connectivity index (χ0v) is 8.69. The lowest BCUT2D eigenvalue weighted by Crippen LogP contribution is -1.94. The third-order valence-corrected chi connectivity index (χ3v) is 2.24. The number of hydrogen-bond donors (Lipinski definition) is 0. The summed E-state index contributed by atoms with van der Waals surface area (Å²) in [6.45, 7) is 0. The van der Waals surface area contributed by atoms with Gasteiger partial charge in [-0.15, -0.1) is 0 Å². The predicted octanol–water partition coefficient (Wildman–Crippen LogP) is 2.24. The van der Waals surface area contributed by atoms with Gasteiger partial charge >= 0.3 is 0 Å². The summed E-state index contributed by atoms with van der Waals surface area (Å²) >= 11 is 3.33. The fraction of sp³-hybridized carbons (Fsp3) is 0.111. The van der Waals surface area contributed by atoms with Gasteiger partial charge in [0.25, 0.3) is 0 Å². The quantitative estimate of drug-likeness (QED) is 0.713. The molecule has 0 N–H and O–H groups in total. The summed E-state index contributed by atoms with van der Waals surface area (Å²) in [6, 6.07) is 7.76. The molecule has 66 valence electrons. The van der Waals surface area contributed by atoms with E-state index in [9.17, 15) is 0 Å². The Hall–Kier alpha value is -1.16. The first-order valence-corrected chi connectivity index (χ1v) is 4.67. The second-order valence-electron chi connectivity index (χ2n) is 2.69. The molecule has 0 aliphatic heterocycles. The average Bonchev–Trinajstić information content (AvgIpc) is 2.51. The van der Waals surface area contributed by atoms with Crippen molar-refractivity contribution in [2.45, 2.75) is 0 Å². The molecule has 0 radical (unpaired) electrons. The molecule has 3 nitrogen and oxygen atoms in total. The zero-order valence-electron chi connectivity index (χ0n) is 7.11. The Morgan fingerprint density at radius 3 is 2.77 bits per heavy atom. The molecular weight excluding hydrogens is 230 g/mol. The minimum atomic E-state index is 0.839. The smallest absolute Gasteiger partial charge is 0.106 e. The van der Waals surface area contributed by atoms with Gasteiger partial charge in [0.05, 0.1) is 11.4 Å². The highest BCUT2D eigenvalue weighted by atomic mass is 79.9. The van der Waals surface area contributed by atoms with Crippen LogP contribution in [0.15, 0.2) is 35.1 Å². The molecule has 0 fully saturated rings. The molecule has 0 atom stereocenters. The number of pyridine rings is 1. The molecule has 2 rings (SSSR count). The minimum absolute atomic E-state index is 0.839. The van der Waals surface area contributed by atoms with Gasteiger partial charge in [0.1, 0.15) is 4.60 Å². The number of halogens is 1. The van der Waals surface area contributed by atoms with E-state index in [0.29, 0.717) is 0 Å². The van der Waals surface area contributed by atoms with Crippen LogP contribution < -0.4 is 0 Å². The maximum atomic E-state index is 4.33. The van der Waals surface area contributed by atoms with Gasteiger partial charge in [-0.1, -0.05) is 6.07 Å². The Balaban J connectivity index is 2.53. The van der Waals surface area contributed by atoms with Crippen LogP contribution >= 0.6 is 15.9 Å². The van der Waals surface area contributed by atoms with E-state index in [2.05, 4.69) is 26.0 Å². The van der Waals surface area contributed by atoms with Crippen LogP contribution in [0.2, 0.25) is 0 Å². The molecule has 0 spiro atoms. The van der Waals surface area contributed by atoms with E-state index in [4.69, 9.17) is 0 Å². The van der Waals surface area contributed by atoms with Crippen LogP contribution in [0, 0.1) is 0 Å². The second-order valence-corrected chi connectivity index (χ2v) is 3.50. The number of rotatable bonds is 1. The van der Waals surface area contributed by atoms with Crippen LogP contribution in [-0.2, 0) is 7.05 Å². The molecule has 2 aromatic rings. The van der Waals surface area contributed by atoms with E-state index in [1.54, 1.807) is 10.9 Å². The monoisotopic (exact) mass is 237 g/mol. The van der Waals surface area contributed by atoms with Crippen LogP contribution in [0.3, 0.4) is 0 Å². The molecule has 4 heteroatoms. The second kappa shape index (κ2) is 3.30. The Morgan fingerprint density at radius 2 is 2.15 bits per heavy atom. The fourth-order valence-corrected chi connectivity index (χ4v) is 1.52. The SMILES string of the molecule is Cn1nccc1-c1cccc(Br)n1. The molecular formula is C9H8BrN3. The molecule has 0 bridgehead atoms. The summed E-state index contributed by atoms with van der Waals surface area (Å²) in [5.41, 5.74) is 1.94. The van der Waals surface area contributed by atoms with E-state index in [1.165, 1.54) is 0 Å². The first kappa shape index (κ1) is 8.44. The molecule has 2 heterocycles. The predicted molar refractivity (Wildman–Crippen MR) is 54.1 cm³/mol. The Morgan fingerprint density at radius 1 is 1.31 bits per heavy atom. The standard InChI is InChI=1S/C9H8BrN3/c1-13-8(5-6-11-13)7-3-2-4-9(10)12-7/h2-6H,1H3. The van der Waals surface area contributed by atoms with Gasteiger partial charge in [-0.05, 0) is 34.1 Å². The summed E-state index contributed by atoms with van der Waals surface area (Å²) in [5, 5.41) is 4.08. The molecule has 0 aliphatic carbocycles. The van der Waals surface area contributed by atoms with Gasteiger partial charge in [-0.3, -0.25) is 4.68 Å². The maximum absolute atomic E-state index is 4.33. The molecule has 2 aromatic heterocycles. The summed E-state index contributed by atoms with van der Waals surface area (Å²) in [6.07, 6.45) is 1.76. The maximum Gasteiger partial charge on any atom is 0.106 e. The average molecular weight is 238 g/mol. The van der Waals surface area contributed by atoms with Crippen LogP contribution in [0.1, 0.15) is 0 Å². The van der Waals surface area contributed by atoms with Gasteiger partial charge in [0.2, 0.25) is 0 Å². The molecule has 0 aliphatic rings. The van der Waals surface area contributed by atoms with Crippen LogP contribution in [-0.4, -0.2) is 14.8 Å². The molecule has 0 saturated heterocycles. The largest absolute Gasteiger partial charge is 0.266 e. The molecule has 0 saturated carbocycles. The molecule has 0 unspecified atom stereocenters. The van der Waals surface area contributed by atoms with Crippen LogP contribution in [0.4, 0.5) is 0 Å². The number of nitrogens with zero attached hydrogens (tertiary/aromatic N) is 3. The van der Waals surface area contributed by atoms with E-state index < -0.39 is 0 Å². The fourth-order valence-electron chi connectivity index (χ4n) is 1.18. The van der Waals surface area contributed by atoms with Gasteiger partial charge in [0.15, 0.2) is 0 Å². The van der Waals surface area contributed by atoms with Crippen LogP contribution in [0.5, 0.6) is 0 Å². The number of aryl methyl sites for hydroxylation is 1. The molecule has 0 aromatic carbocycles. The highest BCUT2D eigenvalue weighted by Gasteiger charge is 2.02. The van der Waals surface area contributed by atoms with Crippen molar-refractivity contribution in [3.8, 4) is 11.4 Å². The number of hydrogen-bond acceptors (Lipinski definition) is 2. The lowest BCUT2D eigenvalue weighted by Gasteiger charge is -2.00. The Labute approximate surface area is 84.5 Å². The molecule has 0 amide bonds. The zero-order chi connectivity index (χ0) is 9.26. The molecule has 13 heavy (non-hydrogen) atoms. The van der Waals surface area contributed by atoms with Crippen molar-refractivity contribution in [3.05, 3.63) is 35.1 Å². The summed E-state index contributed by atoms with van der Waals surface area (Å²) < 4.78 is 2.64. The topological polar surface area (TPSA) is 30.7 Å². The first-order chi connectivity index (χ1) is 6.27. The van der Waals surface area contributed by atoms with Gasteiger partial charge < -0.3 is 0 Å². The first-order valence-electron chi connectivity index (χ1n) is 3.88. The van der Waals surface area contributed by atoms with Crippen molar-refractivity contribution in [1.82, 2.24) is 14.8 Å². The van der Waals surface area contributed by atoms with Crippen LogP contribution in [0.25, 0.3) is 11.4 Å². The summed E-state index contributed by atoms with van der Waals surface area (Å²) in [7, 11) is 1.90. The lowest BCUT2D eigenvalue weighted by molar-refractivity contribution is 0.773. The van der Waals surface area contributed by atoms with E-state index in [0.717, 1.165) is 16.0 Å². The van der Waals surface area contributed by atoms with E-state index in [-0.39, 0.29) is 0 Å². The third kappa shape index (κ3) is 1.62. The third-order valence-electron chi connectivity index (χ3n) is 1.80. The van der Waals surface area contributed by atoms with E-state index in [1.807, 2.05) is 31.3 Å². The van der Waals surface area contributed by atoms with E-state index >= 15 is 0 Å². The van der Waals surface area contributed by atoms with Gasteiger partial charge in [-0.2, -0.15) is 5.10 Å². The van der Waals surface area contributed by atoms with Crippen molar-refractivity contribution >= 4 is 15.9 Å². The normalized spacial score (nSPS) is 10.3. The Kier molecular flexibility index (Phi) is 2.14. The Bertz CT molecular complexity index is 422. The van der Waals surface area contributed by atoms with Crippen molar-refractivity contribution < 1.29 is 0 Å². The van der Waals surface area contributed by atoms with Gasteiger partial charge in [-0.25, -0.2) is 4.98 Å². The number of aromatic nitrogens is 3. The minimum Gasteiger partial charge on any atom is -0.266 e. The lowest BCUT2D eigenvalue weighted by atomic mass is 10.3. The van der Waals surface area contributed by atoms with Crippen molar-refractivity contribution in [3.63, 3.8) is 0 Å². The van der Waals surface area contributed by atoms with Crippen molar-refractivity contribution in [2.75, 3.05) is 0 Å². The van der Waals surface area contributed by atoms with Crippen molar-refractivity contribution in [2.24, 2.45) is 7.05 Å². The highest BCUT2D eigenvalue weighted by Crippen LogP contribution is 2.17. The highest BCUT2D eigenvalue weighted by molar-refractivity contribution is 9.10.